The van der Waals surface area contributed by atoms with Crippen molar-refractivity contribution < 1.29 is 9.84 Å². The average molecular weight is 164 g/mol. The second-order valence-corrected chi connectivity index (χ2v) is 3.20. The zero-order chi connectivity index (χ0) is 8.55. The minimum absolute atomic E-state index is 0.401. The topological polar surface area (TPSA) is 29.5 Å². The van der Waals surface area contributed by atoms with Crippen LogP contribution >= 0.6 is 0 Å². The third-order valence-electron chi connectivity index (χ3n) is 2.25. The summed E-state index contributed by atoms with van der Waals surface area (Å²) >= 11 is 0. The summed E-state index contributed by atoms with van der Waals surface area (Å²) in [4.78, 5) is 0. The van der Waals surface area contributed by atoms with E-state index in [-0.39, 0.29) is 0 Å². The minimum Gasteiger partial charge on any atom is -0.508 e. The zero-order valence-electron chi connectivity index (χ0n) is 7.08. The Hall–Kier alpha value is -1.18. The fourth-order valence-corrected chi connectivity index (χ4v) is 1.38. The summed E-state index contributed by atoms with van der Waals surface area (Å²) in [6, 6.07) is 5.40. The molecule has 1 aliphatic rings. The number of phenolic OH excluding ortho intramolecular Hbond substituents is 1. The molecule has 1 aromatic carbocycles. The van der Waals surface area contributed by atoms with Crippen LogP contribution in [-0.4, -0.2) is 12.2 Å². The summed E-state index contributed by atoms with van der Waals surface area (Å²) in [5.41, 5.74) is 1.04. The lowest BCUT2D eigenvalue weighted by Crippen LogP contribution is -1.85. The molecule has 0 aliphatic heterocycles. The summed E-state index contributed by atoms with van der Waals surface area (Å²) in [5, 5.41) is 9.49. The van der Waals surface area contributed by atoms with Crippen molar-refractivity contribution in [1.29, 1.82) is 0 Å². The Morgan fingerprint density at radius 2 is 2.17 bits per heavy atom. The van der Waals surface area contributed by atoms with Gasteiger partial charge in [-0.25, -0.2) is 0 Å². The molecule has 0 spiro atoms. The van der Waals surface area contributed by atoms with Crippen LogP contribution in [0.4, 0.5) is 0 Å². The molecule has 0 bridgehead atoms. The maximum absolute atomic E-state index is 9.49. The molecule has 64 valence electrons. The lowest BCUT2D eigenvalue weighted by Gasteiger charge is -2.05. The van der Waals surface area contributed by atoms with Gasteiger partial charge in [-0.1, -0.05) is 0 Å². The fourth-order valence-electron chi connectivity index (χ4n) is 1.38. The number of ether oxygens (including phenoxy) is 1. The highest BCUT2D eigenvalue weighted by Gasteiger charge is 2.26. The van der Waals surface area contributed by atoms with Gasteiger partial charge in [-0.2, -0.15) is 0 Å². The Kier molecular flexibility index (Phi) is 1.68. The molecule has 0 radical (unpaired) electrons. The number of methoxy groups -OCH3 is 1. The maximum atomic E-state index is 9.49. The van der Waals surface area contributed by atoms with E-state index in [9.17, 15) is 5.11 Å². The molecule has 2 rings (SSSR count). The van der Waals surface area contributed by atoms with Gasteiger partial charge in [0.15, 0.2) is 0 Å². The molecule has 0 unspecified atom stereocenters. The van der Waals surface area contributed by atoms with Crippen molar-refractivity contribution in [2.24, 2.45) is 0 Å². The highest BCUT2D eigenvalue weighted by atomic mass is 16.5. The second kappa shape index (κ2) is 2.70. The molecule has 0 atom stereocenters. The Morgan fingerprint density at radius 3 is 2.75 bits per heavy atom. The first-order chi connectivity index (χ1) is 5.81. The van der Waals surface area contributed by atoms with Crippen LogP contribution in [0.5, 0.6) is 11.5 Å². The standard InChI is InChI=1S/C10H12O2/c1-12-8-4-5-10(11)9(6-8)7-2-3-7/h4-7,11H,2-3H2,1H3. The lowest BCUT2D eigenvalue weighted by atomic mass is 10.1. The second-order valence-electron chi connectivity index (χ2n) is 3.20. The van der Waals surface area contributed by atoms with Crippen molar-refractivity contribution in [1.82, 2.24) is 0 Å². The Bertz CT molecular complexity index is 290. The van der Waals surface area contributed by atoms with E-state index in [0.29, 0.717) is 11.7 Å². The van der Waals surface area contributed by atoms with Gasteiger partial charge in [0.05, 0.1) is 7.11 Å². The van der Waals surface area contributed by atoms with Crippen molar-refractivity contribution in [2.75, 3.05) is 7.11 Å². The number of hydrogen-bond donors (Lipinski definition) is 1. The maximum Gasteiger partial charge on any atom is 0.119 e. The third-order valence-corrected chi connectivity index (χ3v) is 2.25. The van der Waals surface area contributed by atoms with E-state index < -0.39 is 0 Å². The van der Waals surface area contributed by atoms with Gasteiger partial charge in [0, 0.05) is 5.56 Å². The summed E-state index contributed by atoms with van der Waals surface area (Å²) in [5.74, 6) is 1.80. The largest absolute Gasteiger partial charge is 0.508 e. The van der Waals surface area contributed by atoms with Gasteiger partial charge in [0.25, 0.3) is 0 Å². The predicted octanol–water partition coefficient (Wildman–Crippen LogP) is 2.28. The van der Waals surface area contributed by atoms with Crippen LogP contribution in [0.15, 0.2) is 18.2 Å². The molecule has 1 fully saturated rings. The summed E-state index contributed by atoms with van der Waals surface area (Å²) in [6.45, 7) is 0. The molecule has 1 aliphatic carbocycles. The van der Waals surface area contributed by atoms with Crippen LogP contribution in [0.1, 0.15) is 24.3 Å². The number of aromatic hydroxyl groups is 1. The van der Waals surface area contributed by atoms with E-state index in [1.54, 1.807) is 19.2 Å². The molecule has 2 nitrogen and oxygen atoms in total. The molecule has 0 heterocycles. The number of phenols is 1. The minimum atomic E-state index is 0.401. The number of hydrogen-bond acceptors (Lipinski definition) is 2. The summed E-state index contributed by atoms with van der Waals surface area (Å²) in [6.07, 6.45) is 2.39. The van der Waals surface area contributed by atoms with Crippen molar-refractivity contribution in [3.63, 3.8) is 0 Å². The van der Waals surface area contributed by atoms with Gasteiger partial charge < -0.3 is 9.84 Å². The van der Waals surface area contributed by atoms with Crippen molar-refractivity contribution in [2.45, 2.75) is 18.8 Å². The van der Waals surface area contributed by atoms with Crippen LogP contribution in [-0.2, 0) is 0 Å². The Morgan fingerprint density at radius 1 is 1.42 bits per heavy atom. The molecule has 1 aromatic rings. The zero-order valence-corrected chi connectivity index (χ0v) is 7.08. The SMILES string of the molecule is COc1ccc(O)c(C2CC2)c1. The first-order valence-electron chi connectivity index (χ1n) is 4.18. The van der Waals surface area contributed by atoms with Crippen LogP contribution < -0.4 is 4.74 Å². The van der Waals surface area contributed by atoms with Crippen molar-refractivity contribution >= 4 is 0 Å². The van der Waals surface area contributed by atoms with Crippen LogP contribution in [0, 0.1) is 0 Å². The predicted molar refractivity (Wildman–Crippen MR) is 46.6 cm³/mol. The number of benzene rings is 1. The first kappa shape index (κ1) is 7.47. The van der Waals surface area contributed by atoms with Gasteiger partial charge in [0.2, 0.25) is 0 Å². The molecule has 12 heavy (non-hydrogen) atoms. The fraction of sp³-hybridized carbons (Fsp3) is 0.400. The van der Waals surface area contributed by atoms with Crippen LogP contribution in [0.25, 0.3) is 0 Å². The van der Waals surface area contributed by atoms with Gasteiger partial charge in [-0.3, -0.25) is 0 Å². The third kappa shape index (κ3) is 1.24. The van der Waals surface area contributed by atoms with E-state index >= 15 is 0 Å². The quantitative estimate of drug-likeness (QED) is 0.726. The highest BCUT2D eigenvalue weighted by Crippen LogP contribution is 2.44. The van der Waals surface area contributed by atoms with E-state index in [1.165, 1.54) is 12.8 Å². The van der Waals surface area contributed by atoms with E-state index in [1.807, 2.05) is 6.07 Å². The van der Waals surface area contributed by atoms with E-state index in [0.717, 1.165) is 11.3 Å². The average Bonchev–Trinajstić information content (AvgIpc) is 2.88. The van der Waals surface area contributed by atoms with Crippen molar-refractivity contribution in [3.8, 4) is 11.5 Å². The molecular formula is C10H12O2. The van der Waals surface area contributed by atoms with Gasteiger partial charge >= 0.3 is 0 Å². The van der Waals surface area contributed by atoms with Gasteiger partial charge in [0.1, 0.15) is 11.5 Å². The molecule has 2 heteroatoms. The monoisotopic (exact) mass is 164 g/mol. The molecule has 1 N–H and O–H groups in total. The molecule has 0 saturated heterocycles. The Balaban J connectivity index is 2.36. The van der Waals surface area contributed by atoms with E-state index in [2.05, 4.69) is 0 Å². The lowest BCUT2D eigenvalue weighted by molar-refractivity contribution is 0.411. The van der Waals surface area contributed by atoms with Gasteiger partial charge in [-0.15, -0.1) is 0 Å². The normalized spacial score (nSPS) is 16.1. The first-order valence-corrected chi connectivity index (χ1v) is 4.18. The molecule has 0 amide bonds. The van der Waals surface area contributed by atoms with Gasteiger partial charge in [-0.05, 0) is 37.0 Å². The molecule has 1 saturated carbocycles. The molecule has 0 aromatic heterocycles. The molecular weight excluding hydrogens is 152 g/mol. The van der Waals surface area contributed by atoms with E-state index in [4.69, 9.17) is 4.74 Å². The summed E-state index contributed by atoms with van der Waals surface area (Å²) in [7, 11) is 1.64. The van der Waals surface area contributed by atoms with Crippen LogP contribution in [0.3, 0.4) is 0 Å². The van der Waals surface area contributed by atoms with Crippen LogP contribution in [0.2, 0.25) is 0 Å². The van der Waals surface area contributed by atoms with Crippen molar-refractivity contribution in [3.05, 3.63) is 23.8 Å². The number of rotatable bonds is 2. The smallest absolute Gasteiger partial charge is 0.119 e. The summed E-state index contributed by atoms with van der Waals surface area (Å²) < 4.78 is 5.08. The Labute approximate surface area is 71.8 Å². The highest BCUT2D eigenvalue weighted by molar-refractivity contribution is 5.43.